The van der Waals surface area contributed by atoms with Crippen molar-refractivity contribution in [3.8, 4) is 5.88 Å². The predicted molar refractivity (Wildman–Crippen MR) is 114 cm³/mol. The van der Waals surface area contributed by atoms with E-state index < -0.39 is 24.3 Å². The summed E-state index contributed by atoms with van der Waals surface area (Å²) in [6.45, 7) is 3.31. The van der Waals surface area contributed by atoms with E-state index in [2.05, 4.69) is 4.98 Å². The van der Waals surface area contributed by atoms with Crippen LogP contribution in [0, 0.1) is 5.92 Å². The summed E-state index contributed by atoms with van der Waals surface area (Å²) < 4.78 is 75.2. The SMILES string of the molecule is CN(C)CC(=O)N1CC2(C1)OCCC2CCOc1ccccn1.O=C(O)C(F)(F)F.O=C(O)C(F)(F)F. The second kappa shape index (κ2) is 13.4. The van der Waals surface area contributed by atoms with Gasteiger partial charge in [0.25, 0.3) is 0 Å². The third kappa shape index (κ3) is 10.8. The Morgan fingerprint density at radius 1 is 1.11 bits per heavy atom. The molecule has 2 aliphatic rings. The van der Waals surface area contributed by atoms with Crippen LogP contribution in [-0.4, -0.2) is 108 Å². The fourth-order valence-corrected chi connectivity index (χ4v) is 3.43. The molecule has 1 atom stereocenters. The van der Waals surface area contributed by atoms with E-state index in [9.17, 15) is 31.1 Å². The highest BCUT2D eigenvalue weighted by molar-refractivity contribution is 5.79. The maximum absolute atomic E-state index is 12.1. The number of alkyl halides is 6. The molecule has 3 heterocycles. The van der Waals surface area contributed by atoms with Crippen LogP contribution in [0.5, 0.6) is 5.88 Å². The van der Waals surface area contributed by atoms with Crippen molar-refractivity contribution in [1.29, 1.82) is 0 Å². The molecule has 10 nitrogen and oxygen atoms in total. The molecule has 0 saturated carbocycles. The molecule has 2 saturated heterocycles. The smallest absolute Gasteiger partial charge is 0.478 e. The van der Waals surface area contributed by atoms with Crippen molar-refractivity contribution >= 4 is 17.8 Å². The van der Waals surface area contributed by atoms with Crippen molar-refractivity contribution in [1.82, 2.24) is 14.8 Å². The summed E-state index contributed by atoms with van der Waals surface area (Å²) in [5.41, 5.74) is -0.143. The van der Waals surface area contributed by atoms with Gasteiger partial charge in [-0.2, -0.15) is 26.3 Å². The number of carbonyl (C=O) groups is 3. The van der Waals surface area contributed by atoms with Crippen LogP contribution in [0.15, 0.2) is 24.4 Å². The van der Waals surface area contributed by atoms with Crippen molar-refractivity contribution in [2.75, 3.05) is 46.9 Å². The van der Waals surface area contributed by atoms with Gasteiger partial charge in [0.05, 0.1) is 26.2 Å². The lowest BCUT2D eigenvalue weighted by atomic mass is 9.79. The lowest BCUT2D eigenvalue weighted by Crippen LogP contribution is -2.67. The van der Waals surface area contributed by atoms with Gasteiger partial charge >= 0.3 is 24.3 Å². The third-order valence-electron chi connectivity index (χ3n) is 5.16. The number of amides is 1. The first-order valence-corrected chi connectivity index (χ1v) is 10.7. The van der Waals surface area contributed by atoms with Crippen molar-refractivity contribution in [2.24, 2.45) is 5.92 Å². The summed E-state index contributed by atoms with van der Waals surface area (Å²) in [5.74, 6) is -4.22. The molecule has 1 spiro atoms. The van der Waals surface area contributed by atoms with E-state index in [1.165, 1.54) is 0 Å². The minimum absolute atomic E-state index is 0.143. The maximum Gasteiger partial charge on any atom is 0.490 e. The Hall–Kier alpha value is -3.14. The van der Waals surface area contributed by atoms with Gasteiger partial charge in [-0.3, -0.25) is 4.79 Å². The van der Waals surface area contributed by atoms with Crippen LogP contribution in [0.3, 0.4) is 0 Å². The maximum atomic E-state index is 12.1. The Kier molecular flexibility index (Phi) is 11.6. The van der Waals surface area contributed by atoms with Gasteiger partial charge in [-0.05, 0) is 38.9 Å². The second-order valence-electron chi connectivity index (χ2n) is 8.30. The molecular formula is C21H27F6N3O7. The zero-order valence-electron chi connectivity index (χ0n) is 19.9. The van der Waals surface area contributed by atoms with E-state index in [0.29, 0.717) is 38.0 Å². The fraction of sp³-hybridized carbons (Fsp3) is 0.619. The molecule has 16 heteroatoms. The third-order valence-corrected chi connectivity index (χ3v) is 5.16. The van der Waals surface area contributed by atoms with Crippen LogP contribution >= 0.6 is 0 Å². The largest absolute Gasteiger partial charge is 0.490 e. The minimum atomic E-state index is -5.08. The molecule has 37 heavy (non-hydrogen) atoms. The van der Waals surface area contributed by atoms with Gasteiger partial charge in [0.15, 0.2) is 0 Å². The number of ether oxygens (including phenoxy) is 2. The van der Waals surface area contributed by atoms with Crippen LogP contribution in [0.4, 0.5) is 26.3 Å². The van der Waals surface area contributed by atoms with E-state index in [1.54, 1.807) is 6.20 Å². The standard InChI is InChI=1S/C17H25N3O3.2C2HF3O2/c1-19(2)11-16(21)20-12-17(13-20)14(7-10-23-17)6-9-22-15-5-3-4-8-18-15;2*3-2(4,5)1(6)7/h3-5,8,14H,6-7,9-13H2,1-2H3;2*(H,6,7). The molecule has 1 aromatic rings. The zero-order chi connectivity index (χ0) is 28.4. The number of aromatic nitrogens is 1. The van der Waals surface area contributed by atoms with Gasteiger partial charge in [-0.25, -0.2) is 14.6 Å². The number of likely N-dealkylation sites (tertiary alicyclic amines) is 1. The summed E-state index contributed by atoms with van der Waals surface area (Å²) in [7, 11) is 3.83. The van der Waals surface area contributed by atoms with Gasteiger partial charge in [-0.15, -0.1) is 0 Å². The van der Waals surface area contributed by atoms with Crippen LogP contribution in [0.2, 0.25) is 0 Å². The highest BCUT2D eigenvalue weighted by atomic mass is 19.4. The van der Waals surface area contributed by atoms with Crippen LogP contribution in [-0.2, 0) is 19.1 Å². The molecule has 0 aliphatic carbocycles. The number of likely N-dealkylation sites (N-methyl/N-ethyl adjacent to an activating group) is 1. The number of hydrogen-bond donors (Lipinski definition) is 2. The Morgan fingerprint density at radius 2 is 1.65 bits per heavy atom. The van der Waals surface area contributed by atoms with E-state index in [1.807, 2.05) is 42.1 Å². The van der Waals surface area contributed by atoms with Crippen molar-refractivity contribution in [2.45, 2.75) is 30.8 Å². The highest BCUT2D eigenvalue weighted by Crippen LogP contribution is 2.41. The lowest BCUT2D eigenvalue weighted by Gasteiger charge is -2.50. The molecule has 0 aromatic carbocycles. The number of carbonyl (C=O) groups excluding carboxylic acids is 1. The van der Waals surface area contributed by atoms with Gasteiger partial charge in [0, 0.05) is 18.9 Å². The topological polar surface area (TPSA) is 130 Å². The molecule has 210 valence electrons. The van der Waals surface area contributed by atoms with Crippen molar-refractivity contribution < 1.29 is 60.4 Å². The fourth-order valence-electron chi connectivity index (χ4n) is 3.43. The quantitative estimate of drug-likeness (QED) is 0.516. The summed E-state index contributed by atoms with van der Waals surface area (Å²) in [6, 6.07) is 5.66. The average Bonchev–Trinajstić information content (AvgIpc) is 3.16. The monoisotopic (exact) mass is 547 g/mol. The zero-order valence-corrected chi connectivity index (χ0v) is 19.9. The number of carboxylic acids is 2. The number of aliphatic carboxylic acids is 2. The molecule has 2 aliphatic heterocycles. The summed E-state index contributed by atoms with van der Waals surface area (Å²) in [6.07, 6.45) is -6.46. The number of nitrogens with zero attached hydrogens (tertiary/aromatic N) is 3. The van der Waals surface area contributed by atoms with Crippen molar-refractivity contribution in [3.63, 3.8) is 0 Å². The molecule has 2 fully saturated rings. The molecule has 1 aromatic heterocycles. The van der Waals surface area contributed by atoms with E-state index in [-0.39, 0.29) is 11.5 Å². The molecule has 1 amide bonds. The minimum Gasteiger partial charge on any atom is -0.478 e. The Balaban J connectivity index is 0.000000404. The molecule has 0 bridgehead atoms. The lowest BCUT2D eigenvalue weighted by molar-refractivity contribution is -0.193. The first-order chi connectivity index (χ1) is 17.0. The summed E-state index contributed by atoms with van der Waals surface area (Å²) >= 11 is 0. The van der Waals surface area contributed by atoms with Gasteiger partial charge < -0.3 is 29.5 Å². The second-order valence-corrected chi connectivity index (χ2v) is 8.30. The van der Waals surface area contributed by atoms with Gasteiger partial charge in [0.1, 0.15) is 5.60 Å². The predicted octanol–water partition coefficient (Wildman–Crippen LogP) is 2.30. The first-order valence-electron chi connectivity index (χ1n) is 10.7. The molecule has 0 radical (unpaired) electrons. The summed E-state index contributed by atoms with van der Waals surface area (Å²) in [4.78, 5) is 37.8. The summed E-state index contributed by atoms with van der Waals surface area (Å²) in [5, 5.41) is 14.2. The van der Waals surface area contributed by atoms with Crippen molar-refractivity contribution in [3.05, 3.63) is 24.4 Å². The number of halogens is 6. The van der Waals surface area contributed by atoms with Crippen LogP contribution in [0.1, 0.15) is 12.8 Å². The Morgan fingerprint density at radius 3 is 2.08 bits per heavy atom. The van der Waals surface area contributed by atoms with E-state index in [0.717, 1.165) is 19.4 Å². The molecule has 1 unspecified atom stereocenters. The molecule has 3 rings (SSSR count). The Labute approximate surface area is 207 Å². The van der Waals surface area contributed by atoms with E-state index in [4.69, 9.17) is 29.3 Å². The first kappa shape index (κ1) is 31.9. The Bertz CT molecular complexity index is 867. The van der Waals surface area contributed by atoms with Crippen LogP contribution in [0.25, 0.3) is 0 Å². The van der Waals surface area contributed by atoms with E-state index >= 15 is 0 Å². The number of carboxylic acid groups (broad SMARTS) is 2. The van der Waals surface area contributed by atoms with Gasteiger partial charge in [0.2, 0.25) is 11.8 Å². The number of rotatable bonds is 6. The highest BCUT2D eigenvalue weighted by Gasteiger charge is 2.54. The molecule has 2 N–H and O–H groups in total. The number of pyridine rings is 1. The van der Waals surface area contributed by atoms with Gasteiger partial charge in [-0.1, -0.05) is 6.07 Å². The molecular weight excluding hydrogens is 520 g/mol. The average molecular weight is 547 g/mol. The normalized spacial score (nSPS) is 18.2. The van der Waals surface area contributed by atoms with Crippen LogP contribution < -0.4 is 4.74 Å². The number of hydrogen-bond acceptors (Lipinski definition) is 7.